The van der Waals surface area contributed by atoms with Crippen LogP contribution in [-0.2, 0) is 10.0 Å². The van der Waals surface area contributed by atoms with Crippen molar-refractivity contribution in [3.63, 3.8) is 0 Å². The van der Waals surface area contributed by atoms with E-state index >= 15 is 0 Å². The van der Waals surface area contributed by atoms with Gasteiger partial charge < -0.3 is 10.1 Å². The number of hydrogen-bond acceptors (Lipinski definition) is 4. The van der Waals surface area contributed by atoms with E-state index in [9.17, 15) is 13.2 Å². The minimum atomic E-state index is -3.42. The quantitative estimate of drug-likeness (QED) is 0.818. The number of carbonyl (C=O) groups excluding carboxylic acids is 1. The molecule has 0 aliphatic rings. The maximum absolute atomic E-state index is 12.2. The first-order chi connectivity index (χ1) is 11.3. The molecule has 8 heteroatoms. The van der Waals surface area contributed by atoms with Gasteiger partial charge in [0, 0.05) is 22.3 Å². The third-order valence-electron chi connectivity index (χ3n) is 3.21. The fourth-order valence-corrected chi connectivity index (χ4v) is 2.67. The first-order valence-electron chi connectivity index (χ1n) is 7.10. The van der Waals surface area contributed by atoms with Crippen LogP contribution in [0.1, 0.15) is 17.3 Å². The highest BCUT2D eigenvalue weighted by molar-refractivity contribution is 7.92. The van der Waals surface area contributed by atoms with Crippen molar-refractivity contribution in [1.82, 2.24) is 0 Å². The number of anilines is 2. The Kier molecular flexibility index (Phi) is 5.69. The smallest absolute Gasteiger partial charge is 0.255 e. The number of rotatable bonds is 6. The molecule has 6 nitrogen and oxygen atoms in total. The maximum atomic E-state index is 12.2. The third-order valence-corrected chi connectivity index (χ3v) is 4.75. The predicted octanol–water partition coefficient (Wildman–Crippen LogP) is 3.36. The van der Waals surface area contributed by atoms with Crippen molar-refractivity contribution in [2.75, 3.05) is 22.9 Å². The van der Waals surface area contributed by atoms with E-state index in [1.54, 1.807) is 36.4 Å². The number of amides is 1. The van der Waals surface area contributed by atoms with Gasteiger partial charge in [-0.05, 0) is 43.3 Å². The molecule has 2 aromatic rings. The molecule has 0 radical (unpaired) electrons. The van der Waals surface area contributed by atoms with Crippen molar-refractivity contribution in [2.24, 2.45) is 0 Å². The van der Waals surface area contributed by atoms with Crippen molar-refractivity contribution >= 4 is 38.9 Å². The molecule has 24 heavy (non-hydrogen) atoms. The molecule has 0 fully saturated rings. The molecule has 0 bridgehead atoms. The molecule has 0 saturated carbocycles. The summed E-state index contributed by atoms with van der Waals surface area (Å²) in [5, 5.41) is 3.26. The Labute approximate surface area is 145 Å². The maximum Gasteiger partial charge on any atom is 0.255 e. The summed E-state index contributed by atoms with van der Waals surface area (Å²) < 4.78 is 30.9. The zero-order valence-corrected chi connectivity index (χ0v) is 14.7. The molecular formula is C16H17ClN2O4S. The highest BCUT2D eigenvalue weighted by atomic mass is 35.5. The van der Waals surface area contributed by atoms with E-state index in [4.69, 9.17) is 16.3 Å². The van der Waals surface area contributed by atoms with Gasteiger partial charge in [0.1, 0.15) is 5.75 Å². The van der Waals surface area contributed by atoms with Crippen LogP contribution in [0.2, 0.25) is 5.02 Å². The van der Waals surface area contributed by atoms with Crippen molar-refractivity contribution < 1.29 is 17.9 Å². The van der Waals surface area contributed by atoms with Crippen molar-refractivity contribution in [1.29, 1.82) is 0 Å². The van der Waals surface area contributed by atoms with Crippen LogP contribution < -0.4 is 14.8 Å². The summed E-state index contributed by atoms with van der Waals surface area (Å²) in [6.07, 6.45) is 0. The van der Waals surface area contributed by atoms with Gasteiger partial charge in [0.25, 0.3) is 5.91 Å². The number of halogens is 1. The van der Waals surface area contributed by atoms with E-state index in [0.29, 0.717) is 27.7 Å². The third kappa shape index (κ3) is 4.62. The summed E-state index contributed by atoms with van der Waals surface area (Å²) in [6, 6.07) is 11.1. The summed E-state index contributed by atoms with van der Waals surface area (Å²) in [6.45, 7) is 1.54. The SMILES string of the molecule is CCS(=O)(=O)Nc1ccc(NC(=O)c2ccc(Cl)cc2)cc1OC. The molecule has 0 aromatic heterocycles. The molecule has 0 heterocycles. The number of ether oxygens (including phenoxy) is 1. The average Bonchev–Trinajstić information content (AvgIpc) is 2.56. The Morgan fingerprint density at radius 1 is 1.17 bits per heavy atom. The van der Waals surface area contributed by atoms with E-state index < -0.39 is 10.0 Å². The second-order valence-corrected chi connectivity index (χ2v) is 7.33. The Balaban J connectivity index is 2.20. The number of sulfonamides is 1. The first kappa shape index (κ1) is 18.1. The highest BCUT2D eigenvalue weighted by Crippen LogP contribution is 2.29. The van der Waals surface area contributed by atoms with Gasteiger partial charge in [-0.15, -0.1) is 0 Å². The van der Waals surface area contributed by atoms with Gasteiger partial charge in [0.05, 0.1) is 18.6 Å². The molecular weight excluding hydrogens is 352 g/mol. The molecule has 0 saturated heterocycles. The number of benzene rings is 2. The molecule has 0 unspecified atom stereocenters. The predicted molar refractivity (Wildman–Crippen MR) is 95.5 cm³/mol. The van der Waals surface area contributed by atoms with Crippen LogP contribution in [0.15, 0.2) is 42.5 Å². The van der Waals surface area contributed by atoms with Crippen LogP contribution in [-0.4, -0.2) is 27.2 Å². The van der Waals surface area contributed by atoms with Gasteiger partial charge in [0.2, 0.25) is 10.0 Å². The largest absolute Gasteiger partial charge is 0.494 e. The topological polar surface area (TPSA) is 84.5 Å². The molecule has 0 aliphatic heterocycles. The molecule has 128 valence electrons. The average molecular weight is 369 g/mol. The Morgan fingerprint density at radius 3 is 2.42 bits per heavy atom. The van der Waals surface area contributed by atoms with E-state index in [0.717, 1.165) is 0 Å². The van der Waals surface area contributed by atoms with Crippen molar-refractivity contribution in [3.8, 4) is 5.75 Å². The minimum Gasteiger partial charge on any atom is -0.494 e. The highest BCUT2D eigenvalue weighted by Gasteiger charge is 2.13. The number of nitrogens with one attached hydrogen (secondary N) is 2. The van der Waals surface area contributed by atoms with E-state index in [-0.39, 0.29) is 11.7 Å². The summed E-state index contributed by atoms with van der Waals surface area (Å²) in [5.41, 5.74) is 1.24. The van der Waals surface area contributed by atoms with Gasteiger partial charge in [0.15, 0.2) is 0 Å². The van der Waals surface area contributed by atoms with E-state index in [2.05, 4.69) is 10.0 Å². The van der Waals surface area contributed by atoms with Crippen LogP contribution in [0.4, 0.5) is 11.4 Å². The van der Waals surface area contributed by atoms with Gasteiger partial charge in [-0.2, -0.15) is 0 Å². The summed E-state index contributed by atoms with van der Waals surface area (Å²) in [5.74, 6) is -0.0536. The number of hydrogen-bond donors (Lipinski definition) is 2. The number of carbonyl (C=O) groups is 1. The molecule has 2 N–H and O–H groups in total. The van der Waals surface area contributed by atoms with Crippen LogP contribution in [0, 0.1) is 0 Å². The van der Waals surface area contributed by atoms with Gasteiger partial charge >= 0.3 is 0 Å². The second kappa shape index (κ2) is 7.55. The molecule has 2 aromatic carbocycles. The molecule has 0 spiro atoms. The zero-order valence-electron chi connectivity index (χ0n) is 13.2. The lowest BCUT2D eigenvalue weighted by Crippen LogP contribution is -2.16. The standard InChI is InChI=1S/C16H17ClN2O4S/c1-3-24(21,22)19-14-9-8-13(10-15(14)23-2)18-16(20)11-4-6-12(17)7-5-11/h4-10,19H,3H2,1-2H3,(H,18,20). The second-order valence-electron chi connectivity index (χ2n) is 4.88. The van der Waals surface area contributed by atoms with Crippen LogP contribution in [0.3, 0.4) is 0 Å². The van der Waals surface area contributed by atoms with Crippen LogP contribution in [0.5, 0.6) is 5.75 Å². The summed E-state index contributed by atoms with van der Waals surface area (Å²) >= 11 is 5.79. The van der Waals surface area contributed by atoms with Crippen molar-refractivity contribution in [2.45, 2.75) is 6.92 Å². The normalized spacial score (nSPS) is 11.0. The fourth-order valence-electron chi connectivity index (χ4n) is 1.90. The van der Waals surface area contributed by atoms with Crippen LogP contribution in [0.25, 0.3) is 0 Å². The monoisotopic (exact) mass is 368 g/mol. The Hall–Kier alpha value is -2.25. The lowest BCUT2D eigenvalue weighted by atomic mass is 10.2. The zero-order chi connectivity index (χ0) is 17.7. The van der Waals surface area contributed by atoms with Gasteiger partial charge in [-0.3, -0.25) is 9.52 Å². The lowest BCUT2D eigenvalue weighted by Gasteiger charge is -2.13. The number of methoxy groups -OCH3 is 1. The molecule has 0 aliphatic carbocycles. The lowest BCUT2D eigenvalue weighted by molar-refractivity contribution is 0.102. The van der Waals surface area contributed by atoms with Crippen LogP contribution >= 0.6 is 11.6 Å². The fraction of sp³-hybridized carbons (Fsp3) is 0.188. The summed E-state index contributed by atoms with van der Waals surface area (Å²) in [7, 11) is -2.00. The molecule has 0 atom stereocenters. The minimum absolute atomic E-state index is 0.0504. The first-order valence-corrected chi connectivity index (χ1v) is 9.13. The molecule has 1 amide bonds. The Morgan fingerprint density at radius 2 is 1.83 bits per heavy atom. The van der Waals surface area contributed by atoms with Gasteiger partial charge in [-0.25, -0.2) is 8.42 Å². The summed E-state index contributed by atoms with van der Waals surface area (Å²) in [4.78, 5) is 12.2. The Bertz CT molecular complexity index is 836. The van der Waals surface area contributed by atoms with E-state index in [1.165, 1.54) is 20.1 Å². The van der Waals surface area contributed by atoms with E-state index in [1.807, 2.05) is 0 Å². The molecule has 2 rings (SSSR count). The van der Waals surface area contributed by atoms with Gasteiger partial charge in [-0.1, -0.05) is 11.6 Å². The van der Waals surface area contributed by atoms with Crippen molar-refractivity contribution in [3.05, 3.63) is 53.1 Å².